The van der Waals surface area contributed by atoms with E-state index in [1.807, 2.05) is 26.1 Å². The molecule has 0 aliphatic carbocycles. The van der Waals surface area contributed by atoms with Gasteiger partial charge in [-0.2, -0.15) is 0 Å². The summed E-state index contributed by atoms with van der Waals surface area (Å²) in [6.07, 6.45) is 1.79. The number of hydrogen-bond acceptors (Lipinski definition) is 3. The lowest BCUT2D eigenvalue weighted by Crippen LogP contribution is -2.05. The summed E-state index contributed by atoms with van der Waals surface area (Å²) in [4.78, 5) is 4.13. The van der Waals surface area contributed by atoms with Crippen molar-refractivity contribution in [2.75, 3.05) is 12.4 Å². The summed E-state index contributed by atoms with van der Waals surface area (Å²) >= 11 is 0. The summed E-state index contributed by atoms with van der Waals surface area (Å²) in [7, 11) is 1.84. The lowest BCUT2D eigenvalue weighted by Gasteiger charge is -2.04. The highest BCUT2D eigenvalue weighted by molar-refractivity contribution is 5.34. The third-order valence-corrected chi connectivity index (χ3v) is 1.57. The first-order valence-electron chi connectivity index (χ1n) is 3.63. The summed E-state index contributed by atoms with van der Waals surface area (Å²) < 4.78 is 0. The van der Waals surface area contributed by atoms with Gasteiger partial charge in [0.2, 0.25) is 0 Å². The number of hydrogen-bond donors (Lipinski definition) is 2. The molecular formula is C8H13N3. The van der Waals surface area contributed by atoms with Crippen LogP contribution >= 0.6 is 0 Å². The molecule has 1 atom stereocenters. The molecule has 0 unspecified atom stereocenters. The van der Waals surface area contributed by atoms with E-state index in [0.29, 0.717) is 0 Å². The number of anilines is 1. The Kier molecular flexibility index (Phi) is 2.44. The molecule has 0 aliphatic rings. The number of aromatic nitrogens is 1. The van der Waals surface area contributed by atoms with Crippen molar-refractivity contribution in [2.45, 2.75) is 13.0 Å². The zero-order valence-corrected chi connectivity index (χ0v) is 6.83. The van der Waals surface area contributed by atoms with E-state index >= 15 is 0 Å². The number of pyridine rings is 1. The fourth-order valence-electron chi connectivity index (χ4n) is 0.823. The molecule has 0 aromatic carbocycles. The van der Waals surface area contributed by atoms with E-state index in [2.05, 4.69) is 10.3 Å². The number of rotatable bonds is 2. The van der Waals surface area contributed by atoms with Crippen LogP contribution in [0.1, 0.15) is 18.5 Å². The van der Waals surface area contributed by atoms with Crippen molar-refractivity contribution in [2.24, 2.45) is 5.73 Å². The smallest absolute Gasteiger partial charge is 0.125 e. The van der Waals surface area contributed by atoms with Crippen molar-refractivity contribution in [1.29, 1.82) is 0 Å². The van der Waals surface area contributed by atoms with Gasteiger partial charge in [-0.25, -0.2) is 4.98 Å². The predicted molar refractivity (Wildman–Crippen MR) is 46.4 cm³/mol. The summed E-state index contributed by atoms with van der Waals surface area (Å²) in [6, 6.07) is 3.95. The highest BCUT2D eigenvalue weighted by atomic mass is 14.9. The molecule has 0 amide bonds. The lowest BCUT2D eigenvalue weighted by atomic mass is 10.2. The van der Waals surface area contributed by atoms with Crippen LogP contribution in [0.5, 0.6) is 0 Å². The van der Waals surface area contributed by atoms with E-state index in [-0.39, 0.29) is 6.04 Å². The molecule has 0 spiro atoms. The van der Waals surface area contributed by atoms with Crippen LogP contribution in [0.4, 0.5) is 5.82 Å². The summed E-state index contributed by atoms with van der Waals surface area (Å²) in [5.41, 5.74) is 6.70. The Morgan fingerprint density at radius 2 is 2.27 bits per heavy atom. The SMILES string of the molecule is CNc1ccc([C@H](C)N)cn1. The third kappa shape index (κ3) is 1.91. The van der Waals surface area contributed by atoms with Crippen molar-refractivity contribution in [1.82, 2.24) is 4.98 Å². The van der Waals surface area contributed by atoms with E-state index in [0.717, 1.165) is 11.4 Å². The standard InChI is InChI=1S/C8H13N3/c1-6(9)7-3-4-8(10-2)11-5-7/h3-6H,9H2,1-2H3,(H,10,11)/t6-/m0/s1. The van der Waals surface area contributed by atoms with Crippen LogP contribution in [0.25, 0.3) is 0 Å². The summed E-state index contributed by atoms with van der Waals surface area (Å²) in [5, 5.41) is 2.94. The van der Waals surface area contributed by atoms with E-state index in [1.54, 1.807) is 6.20 Å². The van der Waals surface area contributed by atoms with Gasteiger partial charge in [0.15, 0.2) is 0 Å². The Morgan fingerprint density at radius 1 is 1.55 bits per heavy atom. The van der Waals surface area contributed by atoms with Gasteiger partial charge in [-0.05, 0) is 18.6 Å². The maximum absolute atomic E-state index is 5.64. The molecule has 0 radical (unpaired) electrons. The van der Waals surface area contributed by atoms with Crippen LogP contribution in [0.15, 0.2) is 18.3 Å². The second-order valence-electron chi connectivity index (χ2n) is 2.52. The van der Waals surface area contributed by atoms with Gasteiger partial charge < -0.3 is 11.1 Å². The largest absolute Gasteiger partial charge is 0.373 e. The average molecular weight is 151 g/mol. The van der Waals surface area contributed by atoms with E-state index in [4.69, 9.17) is 5.73 Å². The monoisotopic (exact) mass is 151 g/mol. The molecule has 60 valence electrons. The Hall–Kier alpha value is -1.09. The second-order valence-corrected chi connectivity index (χ2v) is 2.52. The zero-order chi connectivity index (χ0) is 8.27. The predicted octanol–water partition coefficient (Wildman–Crippen LogP) is 1.14. The Balaban J connectivity index is 2.83. The Labute approximate surface area is 66.6 Å². The lowest BCUT2D eigenvalue weighted by molar-refractivity contribution is 0.812. The molecule has 1 heterocycles. The maximum atomic E-state index is 5.64. The maximum Gasteiger partial charge on any atom is 0.125 e. The van der Waals surface area contributed by atoms with Gasteiger partial charge in [0.1, 0.15) is 5.82 Å². The highest BCUT2D eigenvalue weighted by Gasteiger charge is 1.97. The molecule has 3 N–H and O–H groups in total. The molecule has 1 aromatic heterocycles. The molecule has 0 saturated heterocycles. The first-order valence-corrected chi connectivity index (χ1v) is 3.63. The van der Waals surface area contributed by atoms with E-state index < -0.39 is 0 Å². The van der Waals surface area contributed by atoms with Crippen molar-refractivity contribution < 1.29 is 0 Å². The molecule has 11 heavy (non-hydrogen) atoms. The van der Waals surface area contributed by atoms with Gasteiger partial charge in [-0.3, -0.25) is 0 Å². The Bertz CT molecular complexity index is 215. The van der Waals surface area contributed by atoms with Crippen LogP contribution in [0.2, 0.25) is 0 Å². The normalized spacial score (nSPS) is 12.6. The van der Waals surface area contributed by atoms with Crippen molar-refractivity contribution >= 4 is 5.82 Å². The fraction of sp³-hybridized carbons (Fsp3) is 0.375. The number of nitrogens with one attached hydrogen (secondary N) is 1. The quantitative estimate of drug-likeness (QED) is 0.666. The molecule has 0 aliphatic heterocycles. The first kappa shape index (κ1) is 8.01. The van der Waals surface area contributed by atoms with Crippen molar-refractivity contribution in [3.05, 3.63) is 23.9 Å². The van der Waals surface area contributed by atoms with Crippen molar-refractivity contribution in [3.63, 3.8) is 0 Å². The van der Waals surface area contributed by atoms with Crippen molar-refractivity contribution in [3.8, 4) is 0 Å². The number of nitrogens with two attached hydrogens (primary N) is 1. The van der Waals surface area contributed by atoms with Gasteiger partial charge in [0.25, 0.3) is 0 Å². The molecule has 1 rings (SSSR count). The third-order valence-electron chi connectivity index (χ3n) is 1.57. The molecular weight excluding hydrogens is 138 g/mol. The minimum absolute atomic E-state index is 0.0633. The zero-order valence-electron chi connectivity index (χ0n) is 6.83. The average Bonchev–Trinajstić information content (AvgIpc) is 2.05. The highest BCUT2D eigenvalue weighted by Crippen LogP contribution is 2.09. The van der Waals surface area contributed by atoms with Crippen LogP contribution < -0.4 is 11.1 Å². The van der Waals surface area contributed by atoms with Gasteiger partial charge >= 0.3 is 0 Å². The van der Waals surface area contributed by atoms with Gasteiger partial charge in [0, 0.05) is 19.3 Å². The van der Waals surface area contributed by atoms with Crippen LogP contribution in [-0.2, 0) is 0 Å². The van der Waals surface area contributed by atoms with Crippen LogP contribution in [0.3, 0.4) is 0 Å². The Morgan fingerprint density at radius 3 is 2.64 bits per heavy atom. The molecule has 1 aromatic rings. The van der Waals surface area contributed by atoms with Gasteiger partial charge in [-0.1, -0.05) is 6.07 Å². The minimum Gasteiger partial charge on any atom is -0.373 e. The number of nitrogens with zero attached hydrogens (tertiary/aromatic N) is 1. The fourth-order valence-corrected chi connectivity index (χ4v) is 0.823. The van der Waals surface area contributed by atoms with E-state index in [9.17, 15) is 0 Å². The minimum atomic E-state index is 0.0633. The van der Waals surface area contributed by atoms with E-state index in [1.165, 1.54) is 0 Å². The molecule has 3 heteroatoms. The summed E-state index contributed by atoms with van der Waals surface area (Å²) in [5.74, 6) is 0.870. The first-order chi connectivity index (χ1) is 5.24. The molecule has 0 bridgehead atoms. The molecule has 0 saturated carbocycles. The van der Waals surface area contributed by atoms with Crippen LogP contribution in [-0.4, -0.2) is 12.0 Å². The molecule has 0 fully saturated rings. The second kappa shape index (κ2) is 3.34. The summed E-state index contributed by atoms with van der Waals surface area (Å²) in [6.45, 7) is 1.94. The van der Waals surface area contributed by atoms with Gasteiger partial charge in [0.05, 0.1) is 0 Å². The van der Waals surface area contributed by atoms with Crippen LogP contribution in [0, 0.1) is 0 Å². The topological polar surface area (TPSA) is 50.9 Å². The molecule has 3 nitrogen and oxygen atoms in total. The van der Waals surface area contributed by atoms with Gasteiger partial charge in [-0.15, -0.1) is 0 Å².